The van der Waals surface area contributed by atoms with Crippen molar-refractivity contribution in [2.75, 3.05) is 5.88 Å². The van der Waals surface area contributed by atoms with Crippen molar-refractivity contribution < 1.29 is 31.8 Å². The van der Waals surface area contributed by atoms with Gasteiger partial charge in [0.05, 0.1) is 11.2 Å². The van der Waals surface area contributed by atoms with Gasteiger partial charge in [0.2, 0.25) is 0 Å². The van der Waals surface area contributed by atoms with Gasteiger partial charge in [-0.1, -0.05) is 11.6 Å². The lowest BCUT2D eigenvalue weighted by Gasteiger charge is -2.24. The lowest BCUT2D eigenvalue weighted by molar-refractivity contribution is -0.137. The third-order valence-corrected chi connectivity index (χ3v) is 7.26. The summed E-state index contributed by atoms with van der Waals surface area (Å²) in [4.78, 5) is 10.4. The third kappa shape index (κ3) is 5.21. The number of carboxylic acid groups (broad SMARTS) is 1. The van der Waals surface area contributed by atoms with Crippen LogP contribution < -0.4 is 10.1 Å². The van der Waals surface area contributed by atoms with Gasteiger partial charge in [-0.15, -0.1) is 0 Å². The number of carboxylic acids is 1. The molecular weight excluding hydrogens is 492 g/mol. The van der Waals surface area contributed by atoms with Gasteiger partial charge < -0.3 is 9.84 Å². The topological polar surface area (TPSA) is 111 Å². The molecule has 0 saturated carbocycles. The lowest BCUT2D eigenvalue weighted by Crippen LogP contribution is -2.30. The maximum Gasteiger partial charge on any atom is 0.325 e. The molecule has 4 rings (SSSR count). The van der Waals surface area contributed by atoms with Crippen LogP contribution in [0.25, 0.3) is 0 Å². The Morgan fingerprint density at radius 3 is 2.71 bits per heavy atom. The molecule has 0 fully saturated rings. The molecule has 1 atom stereocenters. The van der Waals surface area contributed by atoms with Crippen LogP contribution in [0.5, 0.6) is 11.5 Å². The second-order valence-electron chi connectivity index (χ2n) is 7.78. The molecular formula is C22H20ClF2N3O5S. The van der Waals surface area contributed by atoms with Crippen LogP contribution in [0.2, 0.25) is 5.02 Å². The second-order valence-corrected chi connectivity index (χ2v) is 10.1. The van der Waals surface area contributed by atoms with Gasteiger partial charge in [0.25, 0.3) is 0 Å². The molecule has 1 heterocycles. The van der Waals surface area contributed by atoms with Crippen LogP contribution in [0.1, 0.15) is 30.1 Å². The Hall–Kier alpha value is -3.02. The first-order chi connectivity index (χ1) is 16.1. The zero-order valence-corrected chi connectivity index (χ0v) is 19.2. The smallest absolute Gasteiger partial charge is 0.325 e. The van der Waals surface area contributed by atoms with Crippen molar-refractivity contribution in [2.45, 2.75) is 36.7 Å². The van der Waals surface area contributed by atoms with Crippen LogP contribution in [0.4, 0.5) is 8.78 Å². The molecule has 8 nitrogen and oxygen atoms in total. The van der Waals surface area contributed by atoms with Crippen LogP contribution in [-0.4, -0.2) is 35.2 Å². The Morgan fingerprint density at radius 1 is 1.26 bits per heavy atom. The van der Waals surface area contributed by atoms with Gasteiger partial charge in [-0.3, -0.25) is 14.8 Å². The number of aliphatic carboxylic acids is 1. The van der Waals surface area contributed by atoms with Crippen molar-refractivity contribution in [3.05, 3.63) is 70.5 Å². The normalized spacial score (nSPS) is 15.7. The van der Waals surface area contributed by atoms with Gasteiger partial charge in [-0.2, -0.15) is 5.10 Å². The van der Waals surface area contributed by atoms with Crippen molar-refractivity contribution in [2.24, 2.45) is 0 Å². The van der Waals surface area contributed by atoms with E-state index < -0.39 is 38.2 Å². The molecule has 1 aliphatic carbocycles. The van der Waals surface area contributed by atoms with E-state index in [4.69, 9.17) is 21.4 Å². The fourth-order valence-corrected chi connectivity index (χ4v) is 5.34. The number of benzene rings is 2. The van der Waals surface area contributed by atoms with E-state index in [1.807, 2.05) is 0 Å². The van der Waals surface area contributed by atoms with E-state index in [-0.39, 0.29) is 29.1 Å². The monoisotopic (exact) mass is 511 g/mol. The highest BCUT2D eigenvalue weighted by Crippen LogP contribution is 2.34. The molecule has 0 saturated heterocycles. The summed E-state index contributed by atoms with van der Waals surface area (Å²) in [5, 5.41) is 15.9. The van der Waals surface area contributed by atoms with Crippen LogP contribution in [0, 0.1) is 11.6 Å². The molecule has 0 bridgehead atoms. The van der Waals surface area contributed by atoms with Gasteiger partial charge in [0.1, 0.15) is 40.5 Å². The zero-order valence-electron chi connectivity index (χ0n) is 17.7. The van der Waals surface area contributed by atoms with Crippen LogP contribution in [0.15, 0.2) is 47.5 Å². The SMILES string of the molecule is O=C(O)Cn1ncc2c1CCC[C@H]2NCS(=O)(=O)c1cc(Cl)c(Oc2ccc(F)cc2)cc1F. The highest BCUT2D eigenvalue weighted by molar-refractivity contribution is 7.91. The molecule has 0 radical (unpaired) electrons. The summed E-state index contributed by atoms with van der Waals surface area (Å²) in [5.41, 5.74) is 1.46. The molecule has 3 aromatic rings. The number of fused-ring (bicyclic) bond motifs is 1. The van der Waals surface area contributed by atoms with Crippen molar-refractivity contribution in [1.82, 2.24) is 15.1 Å². The summed E-state index contributed by atoms with van der Waals surface area (Å²) in [6.45, 7) is -0.281. The van der Waals surface area contributed by atoms with E-state index in [9.17, 15) is 22.0 Å². The summed E-state index contributed by atoms with van der Waals surface area (Å²) >= 11 is 6.14. The van der Waals surface area contributed by atoms with Gasteiger partial charge >= 0.3 is 5.97 Å². The number of ether oxygens (including phenoxy) is 1. The number of carbonyl (C=O) groups is 1. The Labute approximate surface area is 199 Å². The third-order valence-electron chi connectivity index (χ3n) is 5.43. The molecule has 180 valence electrons. The van der Waals surface area contributed by atoms with Crippen molar-refractivity contribution in [1.29, 1.82) is 0 Å². The van der Waals surface area contributed by atoms with Crippen LogP contribution in [-0.2, 0) is 27.6 Å². The largest absolute Gasteiger partial charge is 0.480 e. The molecule has 2 aromatic carbocycles. The fourth-order valence-electron chi connectivity index (χ4n) is 3.84. The predicted molar refractivity (Wildman–Crippen MR) is 119 cm³/mol. The summed E-state index contributed by atoms with van der Waals surface area (Å²) in [7, 11) is -4.12. The first-order valence-corrected chi connectivity index (χ1v) is 12.3. The zero-order chi connectivity index (χ0) is 24.5. The number of hydrogen-bond donors (Lipinski definition) is 2. The molecule has 0 unspecified atom stereocenters. The summed E-state index contributed by atoms with van der Waals surface area (Å²) < 4.78 is 60.4. The van der Waals surface area contributed by atoms with Crippen molar-refractivity contribution >= 4 is 27.4 Å². The minimum Gasteiger partial charge on any atom is -0.480 e. The standard InChI is InChI=1S/C22H20ClF2N3O5S/c23-16-8-21(17(25)9-20(16)33-14-6-4-13(24)5-7-14)34(31,32)12-26-18-2-1-3-19-15(18)10-27-28(19)11-22(29)30/h4-10,18,26H,1-3,11-12H2,(H,29,30)/t18-/m1/s1. The average molecular weight is 512 g/mol. The maximum absolute atomic E-state index is 14.7. The highest BCUT2D eigenvalue weighted by Gasteiger charge is 2.28. The number of hydrogen-bond acceptors (Lipinski definition) is 6. The maximum atomic E-state index is 14.7. The van der Waals surface area contributed by atoms with Gasteiger partial charge in [-0.05, 0) is 49.6 Å². The predicted octanol–water partition coefficient (Wildman–Crippen LogP) is 4.09. The summed E-state index contributed by atoms with van der Waals surface area (Å²) in [5.74, 6) is -3.01. The van der Waals surface area contributed by atoms with E-state index in [2.05, 4.69) is 10.4 Å². The van der Waals surface area contributed by atoms with Gasteiger partial charge in [0.15, 0.2) is 9.84 Å². The first-order valence-electron chi connectivity index (χ1n) is 10.3. The Balaban J connectivity index is 1.50. The second kappa shape index (κ2) is 9.69. The number of sulfone groups is 1. The van der Waals surface area contributed by atoms with E-state index >= 15 is 0 Å². The van der Waals surface area contributed by atoms with E-state index in [1.165, 1.54) is 23.0 Å². The number of rotatable bonds is 8. The Kier molecular flexibility index (Phi) is 6.87. The number of aromatic nitrogens is 2. The van der Waals surface area contributed by atoms with Gasteiger partial charge in [0, 0.05) is 23.4 Å². The van der Waals surface area contributed by atoms with E-state index in [1.54, 1.807) is 0 Å². The number of nitrogens with one attached hydrogen (secondary N) is 1. The summed E-state index contributed by atoms with van der Waals surface area (Å²) in [6.07, 6.45) is 3.49. The molecule has 0 aliphatic heterocycles. The first kappa shape index (κ1) is 24.1. The Morgan fingerprint density at radius 2 is 2.00 bits per heavy atom. The van der Waals surface area contributed by atoms with E-state index in [0.717, 1.165) is 35.5 Å². The van der Waals surface area contributed by atoms with Gasteiger partial charge in [-0.25, -0.2) is 17.2 Å². The van der Waals surface area contributed by atoms with Crippen LogP contribution >= 0.6 is 11.6 Å². The Bertz CT molecular complexity index is 1330. The molecule has 1 aliphatic rings. The molecule has 2 N–H and O–H groups in total. The molecule has 34 heavy (non-hydrogen) atoms. The van der Waals surface area contributed by atoms with Crippen molar-refractivity contribution in [3.8, 4) is 11.5 Å². The molecule has 0 amide bonds. The quantitative estimate of drug-likeness (QED) is 0.468. The minimum atomic E-state index is -4.12. The van der Waals surface area contributed by atoms with Crippen LogP contribution in [0.3, 0.4) is 0 Å². The van der Waals surface area contributed by atoms with E-state index in [0.29, 0.717) is 19.3 Å². The lowest BCUT2D eigenvalue weighted by atomic mass is 9.93. The number of halogens is 3. The van der Waals surface area contributed by atoms with Crippen molar-refractivity contribution in [3.63, 3.8) is 0 Å². The molecule has 1 aromatic heterocycles. The molecule has 12 heteroatoms. The highest BCUT2D eigenvalue weighted by atomic mass is 35.5. The summed E-state index contributed by atoms with van der Waals surface area (Å²) in [6, 6.07) is 6.44. The average Bonchev–Trinajstić information content (AvgIpc) is 3.19. The fraction of sp³-hybridized carbons (Fsp3) is 0.273. The molecule has 0 spiro atoms. The minimum absolute atomic E-state index is 0.111. The number of nitrogens with zero attached hydrogens (tertiary/aromatic N) is 2.